The van der Waals surface area contributed by atoms with Crippen LogP contribution < -0.4 is 9.41 Å². The van der Waals surface area contributed by atoms with Crippen LogP contribution in [0.4, 0.5) is 0 Å². The molecule has 2 aliphatic carbocycles. The van der Waals surface area contributed by atoms with Crippen LogP contribution in [0.25, 0.3) is 12.2 Å². The second kappa shape index (κ2) is 7.05. The van der Waals surface area contributed by atoms with Crippen molar-refractivity contribution in [1.82, 2.24) is 0 Å². The van der Waals surface area contributed by atoms with E-state index in [0.29, 0.717) is 11.8 Å². The maximum absolute atomic E-state index is 2.47. The van der Waals surface area contributed by atoms with Gasteiger partial charge in [0.25, 0.3) is 0 Å². The predicted octanol–water partition coefficient (Wildman–Crippen LogP) is -0.607. The molecule has 0 radical (unpaired) electrons. The van der Waals surface area contributed by atoms with Gasteiger partial charge in [-0.05, 0) is 0 Å². The Bertz CT molecular complexity index is 711. The van der Waals surface area contributed by atoms with Crippen molar-refractivity contribution in [2.45, 2.75) is 25.7 Å². The summed E-state index contributed by atoms with van der Waals surface area (Å²) in [6.07, 6.45) is 4.95. The van der Waals surface area contributed by atoms with E-state index >= 15 is 0 Å². The van der Waals surface area contributed by atoms with Gasteiger partial charge in [-0.1, -0.05) is 0 Å². The molecule has 0 fully saturated rings. The number of fused-ring (bicyclic) bond motifs is 2. The van der Waals surface area contributed by atoms with E-state index in [1.807, 2.05) is 0 Å². The van der Waals surface area contributed by atoms with Gasteiger partial charge in [-0.2, -0.15) is 0 Å². The number of halogens is 2. The van der Waals surface area contributed by atoms with Crippen molar-refractivity contribution in [3.63, 3.8) is 0 Å². The van der Waals surface area contributed by atoms with Crippen LogP contribution >= 0.6 is 0 Å². The van der Waals surface area contributed by atoms with E-state index in [2.05, 4.69) is 74.5 Å². The van der Waals surface area contributed by atoms with Crippen LogP contribution in [0.5, 0.6) is 0 Å². The first-order chi connectivity index (χ1) is 10.2. The first-order valence-electron chi connectivity index (χ1n) is 7.62. The van der Waals surface area contributed by atoms with E-state index in [9.17, 15) is 0 Å². The molecule has 0 heterocycles. The number of rotatable bonds is 2. The van der Waals surface area contributed by atoms with Crippen molar-refractivity contribution < 1.29 is 32.6 Å². The van der Waals surface area contributed by atoms with E-state index < -0.39 is 23.2 Å². The number of allylic oxidation sites excluding steroid dienone is 2. The van der Waals surface area contributed by atoms with Gasteiger partial charge in [0.2, 0.25) is 0 Å². The van der Waals surface area contributed by atoms with E-state index in [4.69, 9.17) is 0 Å². The summed E-state index contributed by atoms with van der Waals surface area (Å²) in [6.45, 7) is 4.76. The molecule has 0 spiro atoms. The summed E-state index contributed by atoms with van der Waals surface area (Å²) in [6, 6.07) is 17.8. The molecule has 0 amide bonds. The maximum atomic E-state index is 2.47. The molecular formula is C20H18F2Zr. The zero-order valence-corrected chi connectivity index (χ0v) is 15.6. The molecule has 0 nitrogen and oxygen atoms in total. The van der Waals surface area contributed by atoms with Crippen LogP contribution in [0.2, 0.25) is 0 Å². The zero-order valence-electron chi connectivity index (χ0n) is 13.2. The Kier molecular flexibility index (Phi) is 5.52. The van der Waals surface area contributed by atoms with Crippen LogP contribution in [0, 0.1) is 0 Å². The Morgan fingerprint density at radius 1 is 0.652 bits per heavy atom. The zero-order chi connectivity index (χ0) is 14.4. The van der Waals surface area contributed by atoms with Crippen molar-refractivity contribution in [3.8, 4) is 0 Å². The minimum Gasteiger partial charge on any atom is -1.00 e. The van der Waals surface area contributed by atoms with Crippen LogP contribution in [-0.4, -0.2) is 0 Å². The fourth-order valence-electron chi connectivity index (χ4n) is 3.45. The Morgan fingerprint density at radius 2 is 1.04 bits per heavy atom. The summed E-state index contributed by atoms with van der Waals surface area (Å²) in [4.78, 5) is 0. The second-order valence-electron chi connectivity index (χ2n) is 6.03. The molecule has 0 bridgehead atoms. The molecule has 116 valence electrons. The molecule has 23 heavy (non-hydrogen) atoms. The number of hydrogen-bond acceptors (Lipinski definition) is 0. The molecule has 0 saturated carbocycles. The van der Waals surface area contributed by atoms with E-state index in [-0.39, 0.29) is 9.41 Å². The smallest absolute Gasteiger partial charge is 1.00 e. The fourth-order valence-corrected chi connectivity index (χ4v) is 7.22. The molecule has 0 N–H and O–H groups in total. The van der Waals surface area contributed by atoms with Crippen molar-refractivity contribution >= 4 is 12.2 Å². The van der Waals surface area contributed by atoms with Crippen LogP contribution in [-0.2, 0) is 23.2 Å². The summed E-state index contributed by atoms with van der Waals surface area (Å²) < 4.78 is 3.46. The third kappa shape index (κ3) is 3.04. The first-order valence-corrected chi connectivity index (χ1v) is 10.1. The average Bonchev–Trinajstić information content (AvgIpc) is 2.99. The summed E-state index contributed by atoms with van der Waals surface area (Å²) in [5.41, 5.74) is 5.95. The van der Waals surface area contributed by atoms with Gasteiger partial charge in [0, 0.05) is 0 Å². The van der Waals surface area contributed by atoms with Crippen LogP contribution in [0.15, 0.2) is 55.1 Å². The Hall–Kier alpha value is -1.34. The minimum absolute atomic E-state index is 0. The van der Waals surface area contributed by atoms with Crippen LogP contribution in [0.3, 0.4) is 0 Å². The van der Waals surface area contributed by atoms with E-state index in [1.165, 1.54) is 22.3 Å². The monoisotopic (exact) mass is 386 g/mol. The molecule has 3 heteroatoms. The van der Waals surface area contributed by atoms with Crippen molar-refractivity contribution in [2.75, 3.05) is 0 Å². The summed E-state index contributed by atoms with van der Waals surface area (Å²) in [5, 5.41) is 0. The molecule has 0 aromatic heterocycles. The Labute approximate surface area is 147 Å². The van der Waals surface area contributed by atoms with Gasteiger partial charge in [-0.15, -0.1) is 0 Å². The molecular weight excluding hydrogens is 369 g/mol. The number of hydrogen-bond donors (Lipinski definition) is 0. The van der Waals surface area contributed by atoms with Crippen molar-refractivity contribution in [1.29, 1.82) is 0 Å². The van der Waals surface area contributed by atoms with Gasteiger partial charge in [0.1, 0.15) is 0 Å². The van der Waals surface area contributed by atoms with Gasteiger partial charge in [0.05, 0.1) is 0 Å². The summed E-state index contributed by atoms with van der Waals surface area (Å²) in [7, 11) is 0. The molecule has 0 saturated heterocycles. The van der Waals surface area contributed by atoms with Crippen molar-refractivity contribution in [2.24, 2.45) is 0 Å². The van der Waals surface area contributed by atoms with E-state index in [1.54, 1.807) is 6.56 Å². The summed E-state index contributed by atoms with van der Waals surface area (Å²) in [5.74, 6) is 1.26. The van der Waals surface area contributed by atoms with Crippen LogP contribution in [0.1, 0.15) is 47.9 Å². The van der Waals surface area contributed by atoms with E-state index in [0.717, 1.165) is 0 Å². The second-order valence-corrected chi connectivity index (χ2v) is 9.48. The van der Waals surface area contributed by atoms with Gasteiger partial charge < -0.3 is 9.41 Å². The molecule has 2 aromatic carbocycles. The Balaban J connectivity index is 0.000000960. The third-order valence-electron chi connectivity index (χ3n) is 4.77. The average molecular weight is 388 g/mol. The molecule has 0 aliphatic heterocycles. The maximum Gasteiger partial charge on any atom is -1.00 e. The standard InChI is InChI=1S/2C10H9.2FH.Zr/c2*1-8-6-7-9-4-2-3-5-10(8)9;;;/h2*2-5,7-8H,1H3;2*1H;/q;;;;+2/p-2. The minimum atomic E-state index is -0.659. The molecule has 2 unspecified atom stereocenters. The largest absolute Gasteiger partial charge is 1.00 e. The Morgan fingerprint density at radius 3 is 1.43 bits per heavy atom. The normalized spacial score (nSPS) is 20.3. The molecule has 2 aromatic rings. The first kappa shape index (κ1) is 18.0. The van der Waals surface area contributed by atoms with Gasteiger partial charge >= 0.3 is 138 Å². The number of benzene rings is 2. The topological polar surface area (TPSA) is 0 Å². The molecule has 2 atom stereocenters. The third-order valence-corrected chi connectivity index (χ3v) is 9.03. The SMILES string of the molecule is CC1[C]([Zr+2][C]2=Cc3ccccc3C2C)=Cc2ccccc21.[F-].[F-]. The molecule has 2 aliphatic rings. The molecule has 4 rings (SSSR count). The predicted molar refractivity (Wildman–Crippen MR) is 85.7 cm³/mol. The van der Waals surface area contributed by atoms with Gasteiger partial charge in [-0.25, -0.2) is 0 Å². The summed E-state index contributed by atoms with van der Waals surface area (Å²) >= 11 is -0.659. The fraction of sp³-hybridized carbons (Fsp3) is 0.200. The van der Waals surface area contributed by atoms with Crippen molar-refractivity contribution in [3.05, 3.63) is 77.3 Å². The van der Waals surface area contributed by atoms with Gasteiger partial charge in [0.15, 0.2) is 0 Å². The quantitative estimate of drug-likeness (QED) is 0.645. The van der Waals surface area contributed by atoms with Gasteiger partial charge in [-0.3, -0.25) is 0 Å².